The minimum absolute atomic E-state index is 0.0591. The average Bonchev–Trinajstić information content (AvgIpc) is 3.29. The first kappa shape index (κ1) is 31.0. The molecule has 0 atom stereocenters. The number of nitrogens with one attached hydrogen (secondary N) is 1. The monoisotopic (exact) mass is 615 g/mol. The molecule has 0 spiro atoms. The summed E-state index contributed by atoms with van der Waals surface area (Å²) in [7, 11) is -0.153. The van der Waals surface area contributed by atoms with Crippen molar-refractivity contribution in [3.05, 3.63) is 71.2 Å². The van der Waals surface area contributed by atoms with Crippen molar-refractivity contribution in [2.75, 3.05) is 50.6 Å². The minimum Gasteiger partial charge on any atom is -0.495 e. The molecular formula is C30H34ClN3O7S. The fourth-order valence-electron chi connectivity index (χ4n) is 4.80. The summed E-state index contributed by atoms with van der Waals surface area (Å²) in [6.07, 6.45) is 3.98. The van der Waals surface area contributed by atoms with E-state index in [1.54, 1.807) is 35.2 Å². The Morgan fingerprint density at radius 3 is 2.17 bits per heavy atom. The fraction of sp³-hybridized carbons (Fsp3) is 0.333. The van der Waals surface area contributed by atoms with Crippen LogP contribution in [0.1, 0.15) is 36.0 Å². The second-order valence-electron chi connectivity index (χ2n) is 9.64. The zero-order chi connectivity index (χ0) is 30.3. The molecule has 0 bridgehead atoms. The van der Waals surface area contributed by atoms with Crippen molar-refractivity contribution >= 4 is 44.8 Å². The zero-order valence-electron chi connectivity index (χ0n) is 23.8. The summed E-state index contributed by atoms with van der Waals surface area (Å²) >= 11 is 6.25. The number of ether oxygens (including phenoxy) is 3. The van der Waals surface area contributed by atoms with Crippen LogP contribution in [0.25, 0.3) is 0 Å². The van der Waals surface area contributed by atoms with Crippen molar-refractivity contribution in [2.45, 2.75) is 30.6 Å². The Morgan fingerprint density at radius 2 is 1.50 bits per heavy atom. The molecule has 1 fully saturated rings. The number of hydrogen-bond acceptors (Lipinski definition) is 7. The standard InChI is InChI=1S/C30H34ClN3O7S/c1-39-26-14-12-21(31)18-25(26)34(42(37,38)22-13-15-27(40-2)28(19-22)41-3)20-29(35)32-24-11-7-6-10-23(24)30(36)33-16-8-4-5-9-17-33/h6-7,10-15,18-19H,4-5,8-9,16-17,20H2,1-3H3,(H,32,35). The van der Waals surface area contributed by atoms with Gasteiger partial charge in [-0.3, -0.25) is 13.9 Å². The van der Waals surface area contributed by atoms with Gasteiger partial charge in [0.25, 0.3) is 15.9 Å². The molecule has 1 aliphatic rings. The van der Waals surface area contributed by atoms with Crippen molar-refractivity contribution in [3.63, 3.8) is 0 Å². The van der Waals surface area contributed by atoms with Gasteiger partial charge in [-0.15, -0.1) is 0 Å². The van der Waals surface area contributed by atoms with Crippen LogP contribution in [0.5, 0.6) is 17.2 Å². The van der Waals surface area contributed by atoms with Crippen LogP contribution < -0.4 is 23.8 Å². The third-order valence-electron chi connectivity index (χ3n) is 6.96. The van der Waals surface area contributed by atoms with Crippen LogP contribution in [-0.4, -0.2) is 66.1 Å². The Morgan fingerprint density at radius 1 is 0.857 bits per heavy atom. The first-order valence-electron chi connectivity index (χ1n) is 13.5. The maximum atomic E-state index is 14.1. The molecule has 1 saturated heterocycles. The largest absolute Gasteiger partial charge is 0.495 e. The Hall–Kier alpha value is -3.96. The molecule has 0 saturated carbocycles. The van der Waals surface area contributed by atoms with Crippen molar-refractivity contribution in [3.8, 4) is 17.2 Å². The third-order valence-corrected chi connectivity index (χ3v) is 8.96. The molecule has 1 aliphatic heterocycles. The predicted octanol–water partition coefficient (Wildman–Crippen LogP) is 5.22. The summed E-state index contributed by atoms with van der Waals surface area (Å²) in [5.41, 5.74) is 0.685. The number of carbonyl (C=O) groups excluding carboxylic acids is 2. The highest BCUT2D eigenvalue weighted by molar-refractivity contribution is 7.92. The van der Waals surface area contributed by atoms with E-state index in [-0.39, 0.29) is 33.0 Å². The van der Waals surface area contributed by atoms with Crippen molar-refractivity contribution in [1.82, 2.24) is 4.90 Å². The predicted molar refractivity (Wildman–Crippen MR) is 162 cm³/mol. The third kappa shape index (κ3) is 6.91. The van der Waals surface area contributed by atoms with Crippen LogP contribution in [0.4, 0.5) is 11.4 Å². The lowest BCUT2D eigenvalue weighted by Gasteiger charge is -2.26. The molecule has 0 aliphatic carbocycles. The molecule has 1 N–H and O–H groups in total. The number of nitrogens with zero attached hydrogens (tertiary/aromatic N) is 2. The van der Waals surface area contributed by atoms with E-state index in [2.05, 4.69) is 5.32 Å². The molecule has 4 rings (SSSR count). The van der Waals surface area contributed by atoms with E-state index in [0.29, 0.717) is 30.1 Å². The number of anilines is 2. The van der Waals surface area contributed by atoms with Gasteiger partial charge < -0.3 is 24.4 Å². The number of para-hydroxylation sites is 1. The molecule has 2 amide bonds. The Labute approximate surface area is 251 Å². The molecular weight excluding hydrogens is 582 g/mol. The summed E-state index contributed by atoms with van der Waals surface area (Å²) in [6.45, 7) is 0.652. The van der Waals surface area contributed by atoms with Gasteiger partial charge in [0.05, 0.1) is 43.2 Å². The minimum atomic E-state index is -4.37. The van der Waals surface area contributed by atoms with Gasteiger partial charge in [-0.2, -0.15) is 0 Å². The zero-order valence-corrected chi connectivity index (χ0v) is 25.3. The highest BCUT2D eigenvalue weighted by Gasteiger charge is 2.31. The number of methoxy groups -OCH3 is 3. The van der Waals surface area contributed by atoms with Gasteiger partial charge >= 0.3 is 0 Å². The van der Waals surface area contributed by atoms with E-state index in [1.165, 1.54) is 51.7 Å². The highest BCUT2D eigenvalue weighted by atomic mass is 35.5. The van der Waals surface area contributed by atoms with Gasteiger partial charge in [0.1, 0.15) is 12.3 Å². The van der Waals surface area contributed by atoms with Crippen LogP contribution >= 0.6 is 11.6 Å². The lowest BCUT2D eigenvalue weighted by atomic mass is 10.1. The number of hydrogen-bond donors (Lipinski definition) is 1. The number of benzene rings is 3. The maximum Gasteiger partial charge on any atom is 0.265 e. The quantitative estimate of drug-likeness (QED) is 0.333. The Kier molecular flexibility index (Phi) is 10.2. The lowest BCUT2D eigenvalue weighted by molar-refractivity contribution is -0.114. The second-order valence-corrected chi connectivity index (χ2v) is 11.9. The lowest BCUT2D eigenvalue weighted by Crippen LogP contribution is -2.39. The Balaban J connectivity index is 1.70. The number of amides is 2. The van der Waals surface area contributed by atoms with E-state index < -0.39 is 22.5 Å². The van der Waals surface area contributed by atoms with Gasteiger partial charge in [0, 0.05) is 24.2 Å². The summed E-state index contributed by atoms with van der Waals surface area (Å²) in [5.74, 6) is -0.127. The first-order chi connectivity index (χ1) is 20.2. The molecule has 1 heterocycles. The summed E-state index contributed by atoms with van der Waals surface area (Å²) in [6, 6.07) is 15.3. The summed E-state index contributed by atoms with van der Waals surface area (Å²) in [4.78, 5) is 28.6. The molecule has 0 unspecified atom stereocenters. The molecule has 10 nitrogen and oxygen atoms in total. The molecule has 3 aromatic carbocycles. The van der Waals surface area contributed by atoms with Gasteiger partial charge in [-0.05, 0) is 55.3 Å². The van der Waals surface area contributed by atoms with Crippen molar-refractivity contribution in [1.29, 1.82) is 0 Å². The van der Waals surface area contributed by atoms with E-state index in [0.717, 1.165) is 30.0 Å². The fourth-order valence-corrected chi connectivity index (χ4v) is 6.41. The molecule has 0 aromatic heterocycles. The SMILES string of the molecule is COc1ccc(S(=O)(=O)N(CC(=O)Nc2ccccc2C(=O)N2CCCCCC2)c2cc(Cl)ccc2OC)cc1OC. The molecule has 42 heavy (non-hydrogen) atoms. The van der Waals surface area contributed by atoms with Crippen LogP contribution in [0, 0.1) is 0 Å². The van der Waals surface area contributed by atoms with Gasteiger partial charge in [0.2, 0.25) is 5.91 Å². The number of sulfonamides is 1. The topological polar surface area (TPSA) is 114 Å². The first-order valence-corrected chi connectivity index (χ1v) is 15.3. The summed E-state index contributed by atoms with van der Waals surface area (Å²) in [5, 5.41) is 2.99. The van der Waals surface area contributed by atoms with Gasteiger partial charge in [-0.25, -0.2) is 8.42 Å². The van der Waals surface area contributed by atoms with Crippen LogP contribution in [-0.2, 0) is 14.8 Å². The summed E-state index contributed by atoms with van der Waals surface area (Å²) < 4.78 is 45.0. The van der Waals surface area contributed by atoms with Gasteiger partial charge in [0.15, 0.2) is 11.5 Å². The van der Waals surface area contributed by atoms with Crippen molar-refractivity contribution < 1.29 is 32.2 Å². The molecule has 0 radical (unpaired) electrons. The number of carbonyl (C=O) groups is 2. The van der Waals surface area contributed by atoms with E-state index in [1.807, 2.05) is 0 Å². The molecule has 12 heteroatoms. The number of likely N-dealkylation sites (tertiary alicyclic amines) is 1. The number of rotatable bonds is 10. The van der Waals surface area contributed by atoms with Gasteiger partial charge in [-0.1, -0.05) is 36.6 Å². The van der Waals surface area contributed by atoms with Crippen LogP contribution in [0.3, 0.4) is 0 Å². The van der Waals surface area contributed by atoms with Crippen molar-refractivity contribution in [2.24, 2.45) is 0 Å². The smallest absolute Gasteiger partial charge is 0.265 e. The highest BCUT2D eigenvalue weighted by Crippen LogP contribution is 2.37. The van der Waals surface area contributed by atoms with E-state index in [9.17, 15) is 18.0 Å². The van der Waals surface area contributed by atoms with Crippen LogP contribution in [0.15, 0.2) is 65.6 Å². The maximum absolute atomic E-state index is 14.1. The number of halogens is 1. The normalized spacial score (nSPS) is 13.6. The van der Waals surface area contributed by atoms with E-state index >= 15 is 0 Å². The van der Waals surface area contributed by atoms with E-state index in [4.69, 9.17) is 25.8 Å². The molecule has 224 valence electrons. The average molecular weight is 616 g/mol. The van der Waals surface area contributed by atoms with Crippen LogP contribution in [0.2, 0.25) is 5.02 Å². The second kappa shape index (κ2) is 13.8. The molecule has 3 aromatic rings. The Bertz CT molecular complexity index is 1540.